The lowest BCUT2D eigenvalue weighted by Gasteiger charge is -2.01. The Labute approximate surface area is 84.1 Å². The SMILES string of the molecule is O=C(c1cc(F)ccc1Br)C1CC1. The van der Waals surface area contributed by atoms with Gasteiger partial charge in [-0.2, -0.15) is 0 Å². The molecule has 0 spiro atoms. The standard InChI is InChI=1S/C10H8BrFO/c11-9-4-3-7(12)5-8(9)10(13)6-1-2-6/h3-6H,1-2H2. The van der Waals surface area contributed by atoms with Gasteiger partial charge in [-0.05, 0) is 31.0 Å². The summed E-state index contributed by atoms with van der Waals surface area (Å²) in [7, 11) is 0. The molecule has 1 nitrogen and oxygen atoms in total. The van der Waals surface area contributed by atoms with Crippen molar-refractivity contribution in [3.63, 3.8) is 0 Å². The molecule has 1 fully saturated rings. The third kappa shape index (κ3) is 1.80. The van der Waals surface area contributed by atoms with Gasteiger partial charge in [-0.25, -0.2) is 4.39 Å². The van der Waals surface area contributed by atoms with Crippen LogP contribution in [-0.2, 0) is 0 Å². The molecule has 0 unspecified atom stereocenters. The molecule has 1 aliphatic carbocycles. The molecule has 0 N–H and O–H groups in total. The van der Waals surface area contributed by atoms with E-state index in [1.165, 1.54) is 12.1 Å². The molecule has 0 bridgehead atoms. The molecule has 1 saturated carbocycles. The smallest absolute Gasteiger partial charge is 0.167 e. The number of halogens is 2. The van der Waals surface area contributed by atoms with Crippen molar-refractivity contribution in [2.75, 3.05) is 0 Å². The number of rotatable bonds is 2. The molecule has 0 amide bonds. The molecule has 0 atom stereocenters. The van der Waals surface area contributed by atoms with E-state index < -0.39 is 0 Å². The summed E-state index contributed by atoms with van der Waals surface area (Å²) < 4.78 is 13.5. The van der Waals surface area contributed by atoms with Crippen molar-refractivity contribution in [2.24, 2.45) is 5.92 Å². The maximum atomic E-state index is 12.8. The molecule has 1 aromatic rings. The molecule has 13 heavy (non-hydrogen) atoms. The predicted molar refractivity (Wildman–Crippen MR) is 51.2 cm³/mol. The lowest BCUT2D eigenvalue weighted by molar-refractivity contribution is 0.0966. The van der Waals surface area contributed by atoms with Gasteiger partial charge in [-0.15, -0.1) is 0 Å². The highest BCUT2D eigenvalue weighted by atomic mass is 79.9. The van der Waals surface area contributed by atoms with Gasteiger partial charge in [-0.1, -0.05) is 15.9 Å². The minimum atomic E-state index is -0.354. The van der Waals surface area contributed by atoms with Crippen LogP contribution in [0.5, 0.6) is 0 Å². The van der Waals surface area contributed by atoms with Crippen molar-refractivity contribution in [3.05, 3.63) is 34.1 Å². The van der Waals surface area contributed by atoms with Crippen molar-refractivity contribution in [2.45, 2.75) is 12.8 Å². The van der Waals surface area contributed by atoms with Gasteiger partial charge < -0.3 is 0 Å². The van der Waals surface area contributed by atoms with Crippen LogP contribution >= 0.6 is 15.9 Å². The minimum absolute atomic E-state index is 0.0615. The second-order valence-electron chi connectivity index (χ2n) is 3.26. The van der Waals surface area contributed by atoms with Crippen LogP contribution in [-0.4, -0.2) is 5.78 Å². The van der Waals surface area contributed by atoms with Crippen LogP contribution in [0.4, 0.5) is 4.39 Å². The zero-order valence-electron chi connectivity index (χ0n) is 6.89. The zero-order valence-corrected chi connectivity index (χ0v) is 8.47. The van der Waals surface area contributed by atoms with E-state index >= 15 is 0 Å². The summed E-state index contributed by atoms with van der Waals surface area (Å²) in [6.07, 6.45) is 1.89. The van der Waals surface area contributed by atoms with E-state index in [1.54, 1.807) is 6.07 Å². The average Bonchev–Trinajstić information content (AvgIpc) is 2.91. The number of ketones is 1. The maximum absolute atomic E-state index is 12.8. The van der Waals surface area contributed by atoms with Gasteiger partial charge in [0.1, 0.15) is 5.82 Å². The number of hydrogen-bond donors (Lipinski definition) is 0. The third-order valence-electron chi connectivity index (χ3n) is 2.14. The summed E-state index contributed by atoms with van der Waals surface area (Å²) >= 11 is 3.24. The van der Waals surface area contributed by atoms with Gasteiger partial charge >= 0.3 is 0 Å². The second-order valence-corrected chi connectivity index (χ2v) is 4.12. The maximum Gasteiger partial charge on any atom is 0.167 e. The van der Waals surface area contributed by atoms with Crippen molar-refractivity contribution >= 4 is 21.7 Å². The first-order chi connectivity index (χ1) is 6.18. The molecule has 1 aliphatic rings. The molecule has 3 heteroatoms. The van der Waals surface area contributed by atoms with Crippen LogP contribution < -0.4 is 0 Å². The lowest BCUT2D eigenvalue weighted by atomic mass is 10.1. The summed E-state index contributed by atoms with van der Waals surface area (Å²) in [5, 5.41) is 0. The lowest BCUT2D eigenvalue weighted by Crippen LogP contribution is -2.02. The average molecular weight is 243 g/mol. The van der Waals surface area contributed by atoms with Gasteiger partial charge in [0.15, 0.2) is 5.78 Å². The first-order valence-corrected chi connectivity index (χ1v) is 4.97. The van der Waals surface area contributed by atoms with Crippen molar-refractivity contribution in [3.8, 4) is 0 Å². The van der Waals surface area contributed by atoms with Gasteiger partial charge in [0.2, 0.25) is 0 Å². The molecular formula is C10H8BrFO. The predicted octanol–water partition coefficient (Wildman–Crippen LogP) is 3.18. The fourth-order valence-corrected chi connectivity index (χ4v) is 1.69. The van der Waals surface area contributed by atoms with E-state index in [1.807, 2.05) is 0 Å². The zero-order chi connectivity index (χ0) is 9.42. The van der Waals surface area contributed by atoms with E-state index in [0.717, 1.165) is 12.8 Å². The number of benzene rings is 1. The minimum Gasteiger partial charge on any atom is -0.294 e. The third-order valence-corrected chi connectivity index (χ3v) is 2.83. The first-order valence-electron chi connectivity index (χ1n) is 4.18. The van der Waals surface area contributed by atoms with E-state index in [4.69, 9.17) is 0 Å². The number of carbonyl (C=O) groups is 1. The Balaban J connectivity index is 2.37. The van der Waals surface area contributed by atoms with E-state index in [9.17, 15) is 9.18 Å². The Morgan fingerprint density at radius 1 is 1.46 bits per heavy atom. The van der Waals surface area contributed by atoms with Gasteiger partial charge in [-0.3, -0.25) is 4.79 Å². The quantitative estimate of drug-likeness (QED) is 0.729. The van der Waals surface area contributed by atoms with Crippen LogP contribution in [0.1, 0.15) is 23.2 Å². The second kappa shape index (κ2) is 3.22. The molecule has 68 valence electrons. The topological polar surface area (TPSA) is 17.1 Å². The van der Waals surface area contributed by atoms with Crippen LogP contribution in [0, 0.1) is 11.7 Å². The van der Waals surface area contributed by atoms with Crippen LogP contribution in [0.15, 0.2) is 22.7 Å². The molecule has 0 aromatic heterocycles. The number of carbonyl (C=O) groups excluding carboxylic acids is 1. The molecule has 0 heterocycles. The fourth-order valence-electron chi connectivity index (χ4n) is 1.25. The van der Waals surface area contributed by atoms with Crippen molar-refractivity contribution < 1.29 is 9.18 Å². The van der Waals surface area contributed by atoms with E-state index in [2.05, 4.69) is 15.9 Å². The highest BCUT2D eigenvalue weighted by Gasteiger charge is 2.31. The molecule has 0 saturated heterocycles. The Morgan fingerprint density at radius 2 is 2.15 bits per heavy atom. The summed E-state index contributed by atoms with van der Waals surface area (Å²) in [5.74, 6) is -0.156. The van der Waals surface area contributed by atoms with Gasteiger partial charge in [0.25, 0.3) is 0 Å². The van der Waals surface area contributed by atoms with Crippen LogP contribution in [0.25, 0.3) is 0 Å². The van der Waals surface area contributed by atoms with E-state index in [0.29, 0.717) is 10.0 Å². The Hall–Kier alpha value is -0.700. The molecule has 0 radical (unpaired) electrons. The van der Waals surface area contributed by atoms with Crippen molar-refractivity contribution in [1.29, 1.82) is 0 Å². The normalized spacial score (nSPS) is 15.8. The van der Waals surface area contributed by atoms with Gasteiger partial charge in [0.05, 0.1) is 0 Å². The number of hydrogen-bond acceptors (Lipinski definition) is 1. The monoisotopic (exact) mass is 242 g/mol. The molecule has 1 aromatic carbocycles. The van der Waals surface area contributed by atoms with Crippen molar-refractivity contribution in [1.82, 2.24) is 0 Å². The first kappa shape index (κ1) is 8.88. The summed E-state index contributed by atoms with van der Waals surface area (Å²) in [4.78, 5) is 11.6. The summed E-state index contributed by atoms with van der Waals surface area (Å²) in [6.45, 7) is 0. The van der Waals surface area contributed by atoms with Crippen LogP contribution in [0.3, 0.4) is 0 Å². The number of Topliss-reactive ketones (excluding diaryl/α,β-unsaturated/α-hetero) is 1. The van der Waals surface area contributed by atoms with E-state index in [-0.39, 0.29) is 17.5 Å². The highest BCUT2D eigenvalue weighted by molar-refractivity contribution is 9.10. The largest absolute Gasteiger partial charge is 0.294 e. The highest BCUT2D eigenvalue weighted by Crippen LogP contribution is 2.34. The van der Waals surface area contributed by atoms with Crippen LogP contribution in [0.2, 0.25) is 0 Å². The summed E-state index contributed by atoms with van der Waals surface area (Å²) in [5.41, 5.74) is 0.475. The summed E-state index contributed by atoms with van der Waals surface area (Å²) in [6, 6.07) is 4.21. The molecule has 2 rings (SSSR count). The fraction of sp³-hybridized carbons (Fsp3) is 0.300. The molecular weight excluding hydrogens is 235 g/mol. The Kier molecular flexibility index (Phi) is 2.20. The Bertz CT molecular complexity index is 358. The molecule has 0 aliphatic heterocycles. The Morgan fingerprint density at radius 3 is 2.77 bits per heavy atom. The van der Waals surface area contributed by atoms with Gasteiger partial charge in [0, 0.05) is 16.0 Å².